The molecular weight excluding hydrogens is 338 g/mol. The van der Waals surface area contributed by atoms with E-state index in [0.29, 0.717) is 24.4 Å². The van der Waals surface area contributed by atoms with E-state index in [1.807, 2.05) is 41.9 Å². The molecular formula is C21H21N5O. The molecule has 1 aliphatic heterocycles. The summed E-state index contributed by atoms with van der Waals surface area (Å²) in [6, 6.07) is 12.2. The van der Waals surface area contributed by atoms with Crippen molar-refractivity contribution in [2.75, 3.05) is 12.3 Å². The molecule has 0 spiro atoms. The molecule has 1 unspecified atom stereocenters. The molecule has 136 valence electrons. The summed E-state index contributed by atoms with van der Waals surface area (Å²) in [5, 5.41) is 25.4. The number of benzene rings is 2. The average molecular weight is 359 g/mol. The van der Waals surface area contributed by atoms with Crippen molar-refractivity contribution in [1.82, 2.24) is 14.7 Å². The van der Waals surface area contributed by atoms with Gasteiger partial charge in [-0.05, 0) is 35.7 Å². The number of aliphatic hydroxyl groups is 1. The molecule has 27 heavy (non-hydrogen) atoms. The first-order chi connectivity index (χ1) is 13.0. The van der Waals surface area contributed by atoms with E-state index in [0.717, 1.165) is 33.2 Å². The zero-order chi connectivity index (χ0) is 19.1. The Hall–Kier alpha value is -3.14. The second kappa shape index (κ2) is 6.54. The van der Waals surface area contributed by atoms with Crippen molar-refractivity contribution in [3.8, 4) is 17.2 Å². The second-order valence-electron chi connectivity index (χ2n) is 6.84. The smallest absolute Gasteiger partial charge is 0.136 e. The van der Waals surface area contributed by atoms with E-state index < -0.39 is 6.23 Å². The predicted molar refractivity (Wildman–Crippen MR) is 105 cm³/mol. The van der Waals surface area contributed by atoms with Gasteiger partial charge in [-0.25, -0.2) is 0 Å². The maximum absolute atomic E-state index is 10.8. The highest BCUT2D eigenvalue weighted by atomic mass is 16.3. The number of allylic oxidation sites excluding steroid dienone is 1. The standard InChI is InChI=1S/C21H21N5O/c1-3-13(9-22)11-26-12-17-16(6-7-18(23)20(17)21(26)27)14-4-5-15-10-24-25(2)19(15)8-14/h3-8,10,21,27H,11-12,23H2,1-2H3/b13-3+. The fourth-order valence-corrected chi connectivity index (χ4v) is 3.76. The van der Waals surface area contributed by atoms with Crippen molar-refractivity contribution in [2.24, 2.45) is 7.05 Å². The van der Waals surface area contributed by atoms with Crippen LogP contribution in [-0.2, 0) is 13.6 Å². The van der Waals surface area contributed by atoms with Gasteiger partial charge in [0, 0.05) is 42.3 Å². The molecule has 1 aromatic heterocycles. The number of aromatic nitrogens is 2. The highest BCUT2D eigenvalue weighted by molar-refractivity contribution is 5.86. The number of nitrogens with two attached hydrogens (primary N) is 1. The molecule has 0 radical (unpaired) electrons. The molecule has 4 rings (SSSR count). The van der Waals surface area contributed by atoms with Crippen LogP contribution in [0.4, 0.5) is 5.69 Å². The van der Waals surface area contributed by atoms with Crippen LogP contribution in [0.15, 0.2) is 48.2 Å². The molecule has 0 bridgehead atoms. The Morgan fingerprint density at radius 1 is 1.41 bits per heavy atom. The highest BCUT2D eigenvalue weighted by Gasteiger charge is 2.32. The van der Waals surface area contributed by atoms with Crippen molar-refractivity contribution >= 4 is 16.6 Å². The predicted octanol–water partition coefficient (Wildman–Crippen LogP) is 3.10. The zero-order valence-electron chi connectivity index (χ0n) is 15.3. The maximum Gasteiger partial charge on any atom is 0.136 e. The largest absolute Gasteiger partial charge is 0.398 e. The second-order valence-corrected chi connectivity index (χ2v) is 6.84. The number of rotatable bonds is 3. The lowest BCUT2D eigenvalue weighted by Gasteiger charge is -2.20. The Bertz CT molecular complexity index is 1110. The van der Waals surface area contributed by atoms with Gasteiger partial charge < -0.3 is 10.8 Å². The summed E-state index contributed by atoms with van der Waals surface area (Å²) in [5.41, 5.74) is 12.3. The van der Waals surface area contributed by atoms with Crippen LogP contribution < -0.4 is 5.73 Å². The molecule has 0 aliphatic carbocycles. The first kappa shape index (κ1) is 17.3. The number of nitriles is 1. The van der Waals surface area contributed by atoms with Crippen LogP contribution in [0, 0.1) is 11.3 Å². The molecule has 6 nitrogen and oxygen atoms in total. The Morgan fingerprint density at radius 3 is 2.96 bits per heavy atom. The van der Waals surface area contributed by atoms with Crippen LogP contribution in [-0.4, -0.2) is 26.3 Å². The minimum Gasteiger partial charge on any atom is -0.398 e. The third-order valence-electron chi connectivity index (χ3n) is 5.28. The topological polar surface area (TPSA) is 91.1 Å². The number of nitrogens with zero attached hydrogens (tertiary/aromatic N) is 4. The van der Waals surface area contributed by atoms with Crippen molar-refractivity contribution in [1.29, 1.82) is 5.26 Å². The molecule has 1 aliphatic rings. The quantitative estimate of drug-likeness (QED) is 0.554. The van der Waals surface area contributed by atoms with E-state index in [4.69, 9.17) is 5.73 Å². The number of aryl methyl sites for hydroxylation is 1. The molecule has 0 saturated heterocycles. The van der Waals surface area contributed by atoms with Crippen LogP contribution in [0.2, 0.25) is 0 Å². The van der Waals surface area contributed by atoms with Crippen molar-refractivity contribution in [3.05, 3.63) is 59.3 Å². The number of aliphatic hydroxyl groups excluding tert-OH is 1. The summed E-state index contributed by atoms with van der Waals surface area (Å²) in [7, 11) is 1.92. The highest BCUT2D eigenvalue weighted by Crippen LogP contribution is 2.42. The fraction of sp³-hybridized carbons (Fsp3) is 0.238. The van der Waals surface area contributed by atoms with E-state index in [1.54, 1.807) is 6.08 Å². The molecule has 0 saturated carbocycles. The first-order valence-electron chi connectivity index (χ1n) is 8.84. The van der Waals surface area contributed by atoms with E-state index in [-0.39, 0.29) is 0 Å². The summed E-state index contributed by atoms with van der Waals surface area (Å²) in [4.78, 5) is 1.87. The van der Waals surface area contributed by atoms with E-state index >= 15 is 0 Å². The number of hydrogen-bond donors (Lipinski definition) is 2. The third kappa shape index (κ3) is 2.78. The summed E-state index contributed by atoms with van der Waals surface area (Å²) in [5.74, 6) is 0. The summed E-state index contributed by atoms with van der Waals surface area (Å²) < 4.78 is 1.85. The lowest BCUT2D eigenvalue weighted by atomic mass is 9.95. The molecule has 6 heteroatoms. The van der Waals surface area contributed by atoms with Crippen LogP contribution in [0.25, 0.3) is 22.0 Å². The minimum absolute atomic E-state index is 0.391. The number of nitrogen functional groups attached to an aromatic ring is 1. The molecule has 0 fully saturated rings. The summed E-state index contributed by atoms with van der Waals surface area (Å²) in [6.07, 6.45) is 2.80. The van der Waals surface area contributed by atoms with Gasteiger partial charge in [0.05, 0.1) is 17.8 Å². The number of hydrogen-bond acceptors (Lipinski definition) is 5. The van der Waals surface area contributed by atoms with Gasteiger partial charge in [-0.3, -0.25) is 9.58 Å². The van der Waals surface area contributed by atoms with Gasteiger partial charge in [0.1, 0.15) is 6.23 Å². The van der Waals surface area contributed by atoms with Gasteiger partial charge in [0.2, 0.25) is 0 Å². The fourth-order valence-electron chi connectivity index (χ4n) is 3.76. The zero-order valence-corrected chi connectivity index (χ0v) is 15.3. The van der Waals surface area contributed by atoms with Crippen molar-refractivity contribution in [2.45, 2.75) is 19.7 Å². The molecule has 3 N–H and O–H groups in total. The third-order valence-corrected chi connectivity index (χ3v) is 5.28. The van der Waals surface area contributed by atoms with Crippen molar-refractivity contribution < 1.29 is 5.11 Å². The molecule has 2 heterocycles. The monoisotopic (exact) mass is 359 g/mol. The van der Waals surface area contributed by atoms with Gasteiger partial charge in [-0.2, -0.15) is 10.4 Å². The number of fused-ring (bicyclic) bond motifs is 2. The summed E-state index contributed by atoms with van der Waals surface area (Å²) >= 11 is 0. The lowest BCUT2D eigenvalue weighted by molar-refractivity contribution is 0.0216. The average Bonchev–Trinajstić information content (AvgIpc) is 3.21. The van der Waals surface area contributed by atoms with Gasteiger partial charge in [-0.1, -0.05) is 24.3 Å². The van der Waals surface area contributed by atoms with Crippen LogP contribution >= 0.6 is 0 Å². The maximum atomic E-state index is 10.8. The molecule has 3 aromatic rings. The Morgan fingerprint density at radius 2 is 2.22 bits per heavy atom. The summed E-state index contributed by atoms with van der Waals surface area (Å²) in [6.45, 7) is 2.76. The van der Waals surface area contributed by atoms with Gasteiger partial charge in [-0.15, -0.1) is 0 Å². The van der Waals surface area contributed by atoms with Crippen molar-refractivity contribution in [3.63, 3.8) is 0 Å². The van der Waals surface area contributed by atoms with Gasteiger partial charge in [0.25, 0.3) is 0 Å². The van der Waals surface area contributed by atoms with E-state index in [9.17, 15) is 10.4 Å². The SMILES string of the molecule is C/C=C(\C#N)CN1Cc2c(-c3ccc4cnn(C)c4c3)ccc(N)c2C1O. The van der Waals surface area contributed by atoms with E-state index in [2.05, 4.69) is 29.4 Å². The Balaban J connectivity index is 1.80. The minimum atomic E-state index is -0.816. The van der Waals surface area contributed by atoms with Gasteiger partial charge in [0.15, 0.2) is 0 Å². The number of anilines is 1. The van der Waals surface area contributed by atoms with Gasteiger partial charge >= 0.3 is 0 Å². The Labute approximate surface area is 157 Å². The molecule has 1 atom stereocenters. The lowest BCUT2D eigenvalue weighted by Crippen LogP contribution is -2.24. The molecule has 0 amide bonds. The Kier molecular flexibility index (Phi) is 4.19. The van der Waals surface area contributed by atoms with Crippen LogP contribution in [0.1, 0.15) is 24.3 Å². The van der Waals surface area contributed by atoms with Crippen LogP contribution in [0.5, 0.6) is 0 Å². The molecule has 2 aromatic carbocycles. The first-order valence-corrected chi connectivity index (χ1v) is 8.84. The van der Waals surface area contributed by atoms with Crippen LogP contribution in [0.3, 0.4) is 0 Å². The van der Waals surface area contributed by atoms with E-state index in [1.165, 1.54) is 0 Å². The normalized spacial score (nSPS) is 17.3.